The largest absolute Gasteiger partial charge is 0.364 e. The minimum atomic E-state index is -0.697. The molecular formula is C11H9FN4O. The molecule has 3 N–H and O–H groups in total. The van der Waals surface area contributed by atoms with E-state index in [9.17, 15) is 9.18 Å². The van der Waals surface area contributed by atoms with E-state index in [1.807, 2.05) is 0 Å². The Labute approximate surface area is 96.5 Å². The van der Waals surface area contributed by atoms with Gasteiger partial charge < -0.3 is 11.1 Å². The first-order chi connectivity index (χ1) is 8.16. The molecule has 86 valence electrons. The molecule has 0 radical (unpaired) electrons. The third-order valence-corrected chi connectivity index (χ3v) is 2.02. The van der Waals surface area contributed by atoms with Crippen LogP contribution in [0.25, 0.3) is 0 Å². The van der Waals surface area contributed by atoms with Crippen molar-refractivity contribution in [3.05, 3.63) is 48.2 Å². The van der Waals surface area contributed by atoms with Crippen LogP contribution in [-0.4, -0.2) is 15.9 Å². The summed E-state index contributed by atoms with van der Waals surface area (Å²) >= 11 is 0. The van der Waals surface area contributed by atoms with Crippen molar-refractivity contribution in [2.75, 3.05) is 5.32 Å². The summed E-state index contributed by atoms with van der Waals surface area (Å²) in [7, 11) is 0. The molecule has 0 atom stereocenters. The molecule has 0 aliphatic heterocycles. The number of aromatic nitrogens is 2. The molecule has 0 aliphatic rings. The SMILES string of the molecule is NC(=O)c1nccnc1Nc1cccc(F)c1. The highest BCUT2D eigenvalue weighted by atomic mass is 19.1. The first-order valence-corrected chi connectivity index (χ1v) is 4.80. The van der Waals surface area contributed by atoms with Gasteiger partial charge in [-0.1, -0.05) is 6.07 Å². The summed E-state index contributed by atoms with van der Waals surface area (Å²) in [5.41, 5.74) is 5.62. The monoisotopic (exact) mass is 232 g/mol. The first kappa shape index (κ1) is 11.0. The van der Waals surface area contributed by atoms with E-state index in [1.54, 1.807) is 6.07 Å². The number of nitrogens with one attached hydrogen (secondary N) is 1. The van der Waals surface area contributed by atoms with Crippen molar-refractivity contribution in [2.45, 2.75) is 0 Å². The third kappa shape index (κ3) is 2.54. The second-order valence-electron chi connectivity index (χ2n) is 3.25. The molecule has 0 aliphatic carbocycles. The minimum Gasteiger partial charge on any atom is -0.364 e. The number of carbonyl (C=O) groups excluding carboxylic acids is 1. The van der Waals surface area contributed by atoms with Gasteiger partial charge in [-0.25, -0.2) is 14.4 Å². The van der Waals surface area contributed by atoms with Crippen molar-refractivity contribution in [1.29, 1.82) is 0 Å². The summed E-state index contributed by atoms with van der Waals surface area (Å²) < 4.78 is 13.0. The maximum absolute atomic E-state index is 13.0. The van der Waals surface area contributed by atoms with Crippen molar-refractivity contribution in [3.8, 4) is 0 Å². The number of primary amides is 1. The average Bonchev–Trinajstić information content (AvgIpc) is 2.29. The van der Waals surface area contributed by atoms with E-state index in [2.05, 4.69) is 15.3 Å². The molecular weight excluding hydrogens is 223 g/mol. The molecule has 0 spiro atoms. The van der Waals surface area contributed by atoms with Crippen LogP contribution in [0.1, 0.15) is 10.5 Å². The van der Waals surface area contributed by atoms with Gasteiger partial charge in [0.1, 0.15) is 5.82 Å². The number of anilines is 2. The number of nitrogens with two attached hydrogens (primary N) is 1. The Kier molecular flexibility index (Phi) is 2.95. The standard InChI is InChI=1S/C11H9FN4O/c12-7-2-1-3-8(6-7)16-11-9(10(13)17)14-4-5-15-11/h1-6H,(H2,13,17)(H,15,16). The number of carbonyl (C=O) groups is 1. The summed E-state index contributed by atoms with van der Waals surface area (Å²) in [4.78, 5) is 18.8. The maximum atomic E-state index is 13.0. The van der Waals surface area contributed by atoms with Crippen molar-refractivity contribution in [3.63, 3.8) is 0 Å². The van der Waals surface area contributed by atoms with E-state index in [4.69, 9.17) is 5.73 Å². The Bertz CT molecular complexity index is 559. The molecule has 1 aromatic carbocycles. The number of rotatable bonds is 3. The molecule has 2 aromatic rings. The molecule has 1 heterocycles. The Balaban J connectivity index is 2.33. The highest BCUT2D eigenvalue weighted by molar-refractivity contribution is 5.96. The number of hydrogen-bond donors (Lipinski definition) is 2. The Morgan fingerprint density at radius 1 is 1.29 bits per heavy atom. The second kappa shape index (κ2) is 4.56. The van der Waals surface area contributed by atoms with Crippen LogP contribution in [0.5, 0.6) is 0 Å². The predicted molar refractivity (Wildman–Crippen MR) is 60.2 cm³/mol. The van der Waals surface area contributed by atoms with E-state index < -0.39 is 5.91 Å². The van der Waals surface area contributed by atoms with Crippen LogP contribution in [-0.2, 0) is 0 Å². The number of hydrogen-bond acceptors (Lipinski definition) is 4. The fourth-order valence-corrected chi connectivity index (χ4v) is 1.31. The van der Waals surface area contributed by atoms with E-state index >= 15 is 0 Å². The highest BCUT2D eigenvalue weighted by Gasteiger charge is 2.10. The molecule has 1 amide bonds. The zero-order valence-corrected chi connectivity index (χ0v) is 8.72. The van der Waals surface area contributed by atoms with Crippen LogP contribution >= 0.6 is 0 Å². The van der Waals surface area contributed by atoms with Gasteiger partial charge in [0.05, 0.1) is 0 Å². The van der Waals surface area contributed by atoms with Gasteiger partial charge in [-0.15, -0.1) is 0 Å². The maximum Gasteiger partial charge on any atom is 0.271 e. The molecule has 17 heavy (non-hydrogen) atoms. The lowest BCUT2D eigenvalue weighted by atomic mass is 10.3. The Morgan fingerprint density at radius 2 is 2.06 bits per heavy atom. The van der Waals surface area contributed by atoms with Gasteiger partial charge in [-0.3, -0.25) is 4.79 Å². The van der Waals surface area contributed by atoms with Gasteiger partial charge in [0.15, 0.2) is 11.5 Å². The Morgan fingerprint density at radius 3 is 2.76 bits per heavy atom. The fourth-order valence-electron chi connectivity index (χ4n) is 1.31. The van der Waals surface area contributed by atoms with Gasteiger partial charge in [0, 0.05) is 18.1 Å². The van der Waals surface area contributed by atoms with Gasteiger partial charge in [0.25, 0.3) is 5.91 Å². The van der Waals surface area contributed by atoms with Gasteiger partial charge in [-0.05, 0) is 18.2 Å². The fraction of sp³-hybridized carbons (Fsp3) is 0. The molecule has 0 unspecified atom stereocenters. The van der Waals surface area contributed by atoms with E-state index in [0.29, 0.717) is 5.69 Å². The summed E-state index contributed by atoms with van der Waals surface area (Å²) in [6.45, 7) is 0. The van der Waals surface area contributed by atoms with Crippen molar-refractivity contribution >= 4 is 17.4 Å². The van der Waals surface area contributed by atoms with E-state index in [1.165, 1.54) is 30.6 Å². The molecule has 0 fully saturated rings. The van der Waals surface area contributed by atoms with Crippen LogP contribution < -0.4 is 11.1 Å². The zero-order valence-electron chi connectivity index (χ0n) is 8.72. The van der Waals surface area contributed by atoms with Crippen molar-refractivity contribution in [2.24, 2.45) is 5.73 Å². The lowest BCUT2D eigenvalue weighted by molar-refractivity contribution is 0.0996. The topological polar surface area (TPSA) is 80.9 Å². The molecule has 1 aromatic heterocycles. The summed E-state index contributed by atoms with van der Waals surface area (Å²) in [5, 5.41) is 2.78. The summed E-state index contributed by atoms with van der Waals surface area (Å²) in [6.07, 6.45) is 2.77. The third-order valence-electron chi connectivity index (χ3n) is 2.02. The molecule has 0 bridgehead atoms. The molecule has 6 heteroatoms. The van der Waals surface area contributed by atoms with Crippen LogP contribution in [0.15, 0.2) is 36.7 Å². The van der Waals surface area contributed by atoms with Gasteiger partial charge >= 0.3 is 0 Å². The highest BCUT2D eigenvalue weighted by Crippen LogP contribution is 2.17. The second-order valence-corrected chi connectivity index (χ2v) is 3.25. The summed E-state index contributed by atoms with van der Waals surface area (Å²) in [5.74, 6) is -0.887. The normalized spacial score (nSPS) is 9.94. The van der Waals surface area contributed by atoms with Crippen LogP contribution in [0.4, 0.5) is 15.9 Å². The van der Waals surface area contributed by atoms with Crippen LogP contribution in [0, 0.1) is 5.82 Å². The smallest absolute Gasteiger partial charge is 0.271 e. The lowest BCUT2D eigenvalue weighted by Gasteiger charge is -2.07. The molecule has 5 nitrogen and oxygen atoms in total. The Hall–Kier alpha value is -2.50. The summed E-state index contributed by atoms with van der Waals surface area (Å²) in [6, 6.07) is 5.77. The number of amides is 1. The molecule has 0 saturated carbocycles. The van der Waals surface area contributed by atoms with Crippen molar-refractivity contribution < 1.29 is 9.18 Å². The van der Waals surface area contributed by atoms with Crippen molar-refractivity contribution in [1.82, 2.24) is 9.97 Å². The average molecular weight is 232 g/mol. The number of benzene rings is 1. The van der Waals surface area contributed by atoms with Gasteiger partial charge in [0.2, 0.25) is 0 Å². The lowest BCUT2D eigenvalue weighted by Crippen LogP contribution is -2.16. The minimum absolute atomic E-state index is 0.0109. The van der Waals surface area contributed by atoms with Crippen LogP contribution in [0.2, 0.25) is 0 Å². The van der Waals surface area contributed by atoms with Crippen LogP contribution in [0.3, 0.4) is 0 Å². The quantitative estimate of drug-likeness (QED) is 0.839. The van der Waals surface area contributed by atoms with Gasteiger partial charge in [-0.2, -0.15) is 0 Å². The van der Waals surface area contributed by atoms with E-state index in [-0.39, 0.29) is 17.3 Å². The zero-order chi connectivity index (χ0) is 12.3. The van der Waals surface area contributed by atoms with E-state index in [0.717, 1.165) is 0 Å². The predicted octanol–water partition coefficient (Wildman–Crippen LogP) is 1.46. The number of nitrogens with zero attached hydrogens (tertiary/aromatic N) is 2. The molecule has 2 rings (SSSR count). The molecule has 0 saturated heterocycles. The first-order valence-electron chi connectivity index (χ1n) is 4.80. The number of halogens is 1.